The molecule has 182 valence electrons. The molecule has 0 spiro atoms. The summed E-state index contributed by atoms with van der Waals surface area (Å²) in [7, 11) is 1.63. The summed E-state index contributed by atoms with van der Waals surface area (Å²) in [5.74, 6) is 1.12. The summed E-state index contributed by atoms with van der Waals surface area (Å²) < 4.78 is 18.1. The number of aromatic nitrogens is 1. The Morgan fingerprint density at radius 3 is 2.59 bits per heavy atom. The van der Waals surface area contributed by atoms with Gasteiger partial charge in [0, 0.05) is 31.2 Å². The van der Waals surface area contributed by atoms with Crippen LogP contribution in [0.2, 0.25) is 5.02 Å². The summed E-state index contributed by atoms with van der Waals surface area (Å²) in [5, 5.41) is 1.25. The molecule has 1 aromatic heterocycles. The van der Waals surface area contributed by atoms with Crippen LogP contribution in [0.5, 0.6) is 11.5 Å². The van der Waals surface area contributed by atoms with Gasteiger partial charge in [-0.3, -0.25) is 14.6 Å². The van der Waals surface area contributed by atoms with Gasteiger partial charge in [-0.05, 0) is 56.7 Å². The maximum atomic E-state index is 13.9. The van der Waals surface area contributed by atoms with Gasteiger partial charge >= 0.3 is 0 Å². The summed E-state index contributed by atoms with van der Waals surface area (Å²) >= 11 is 7.50. The average Bonchev–Trinajstić information content (AvgIpc) is 3.27. The largest absolute Gasteiger partial charge is 0.494 e. The first-order valence-electron chi connectivity index (χ1n) is 11.3. The van der Waals surface area contributed by atoms with Crippen molar-refractivity contribution in [2.24, 2.45) is 0 Å². The van der Waals surface area contributed by atoms with Crippen LogP contribution in [0.3, 0.4) is 0 Å². The number of hydrogen-bond donors (Lipinski definition) is 0. The Kier molecular flexibility index (Phi) is 7.62. The molecule has 0 unspecified atom stereocenters. The Labute approximate surface area is 209 Å². The first kappa shape index (κ1) is 24.7. The number of carbonyl (C=O) groups excluding carboxylic acids is 1. The van der Waals surface area contributed by atoms with Crippen LogP contribution in [0, 0.1) is 6.92 Å². The number of aryl methyl sites for hydroxylation is 1. The molecule has 1 amide bonds. The van der Waals surface area contributed by atoms with Crippen molar-refractivity contribution < 1.29 is 19.0 Å². The number of ether oxygens (including phenoxy) is 3. The van der Waals surface area contributed by atoms with Crippen LogP contribution in [-0.2, 0) is 9.53 Å². The number of hydrogen-bond acceptors (Lipinski definition) is 7. The zero-order valence-electron chi connectivity index (χ0n) is 20.0. The van der Waals surface area contributed by atoms with E-state index in [1.165, 1.54) is 11.3 Å². The number of benzene rings is 2. The van der Waals surface area contributed by atoms with E-state index in [2.05, 4.69) is 4.90 Å². The topological polar surface area (TPSA) is 64.1 Å². The van der Waals surface area contributed by atoms with E-state index in [1.807, 2.05) is 19.1 Å². The van der Waals surface area contributed by atoms with Crippen LogP contribution in [0.4, 0.5) is 5.13 Å². The Morgan fingerprint density at radius 2 is 1.91 bits per heavy atom. The molecule has 0 N–H and O–H groups in total. The fourth-order valence-corrected chi connectivity index (χ4v) is 5.10. The molecule has 1 fully saturated rings. The number of thiazole rings is 1. The summed E-state index contributed by atoms with van der Waals surface area (Å²) in [6, 6.07) is 10.9. The summed E-state index contributed by atoms with van der Waals surface area (Å²) in [4.78, 5) is 22.8. The highest BCUT2D eigenvalue weighted by Gasteiger charge is 2.37. The lowest BCUT2D eigenvalue weighted by Gasteiger charge is -2.33. The number of carbonyl (C=O) groups is 1. The second kappa shape index (κ2) is 10.5. The predicted molar refractivity (Wildman–Crippen MR) is 137 cm³/mol. The van der Waals surface area contributed by atoms with Gasteiger partial charge in [0.15, 0.2) is 10.7 Å². The Hall–Kier alpha value is -2.39. The fraction of sp³-hybridized carbons (Fsp3) is 0.440. The molecule has 0 saturated carbocycles. The van der Waals surface area contributed by atoms with E-state index in [0.717, 1.165) is 35.4 Å². The Morgan fingerprint density at radius 1 is 1.21 bits per heavy atom. The zero-order chi connectivity index (χ0) is 24.3. The molecule has 0 aliphatic carbocycles. The van der Waals surface area contributed by atoms with Crippen LogP contribution in [0.1, 0.15) is 19.4 Å². The SMILES string of the molecule is COc1ccc(C)c2sc(N(CCN3CCOCC3)C(=O)C(C)(C)Oc3ccc(Cl)cc3)nc12. The van der Waals surface area contributed by atoms with E-state index in [0.29, 0.717) is 41.4 Å². The molecule has 4 rings (SSSR count). The molecule has 2 heterocycles. The highest BCUT2D eigenvalue weighted by Crippen LogP contribution is 2.37. The normalized spacial score (nSPS) is 14.9. The van der Waals surface area contributed by atoms with Crippen LogP contribution in [0.25, 0.3) is 10.2 Å². The average molecular weight is 504 g/mol. The number of anilines is 1. The van der Waals surface area contributed by atoms with Crippen molar-refractivity contribution in [3.05, 3.63) is 47.0 Å². The number of amides is 1. The summed E-state index contributed by atoms with van der Waals surface area (Å²) in [6.07, 6.45) is 0. The first-order chi connectivity index (χ1) is 16.3. The van der Waals surface area contributed by atoms with Crippen LogP contribution < -0.4 is 14.4 Å². The fourth-order valence-electron chi connectivity index (χ4n) is 3.89. The van der Waals surface area contributed by atoms with E-state index in [9.17, 15) is 4.79 Å². The van der Waals surface area contributed by atoms with Gasteiger partial charge in [-0.25, -0.2) is 4.98 Å². The lowest BCUT2D eigenvalue weighted by atomic mass is 10.1. The van der Waals surface area contributed by atoms with Gasteiger partial charge in [0.2, 0.25) is 0 Å². The second-order valence-corrected chi connectivity index (χ2v) is 10.1. The van der Waals surface area contributed by atoms with Crippen molar-refractivity contribution in [2.75, 3.05) is 51.4 Å². The van der Waals surface area contributed by atoms with Crippen molar-refractivity contribution in [1.29, 1.82) is 0 Å². The minimum Gasteiger partial charge on any atom is -0.494 e. The maximum absolute atomic E-state index is 13.9. The van der Waals surface area contributed by atoms with Gasteiger partial charge in [0.25, 0.3) is 5.91 Å². The third kappa shape index (κ3) is 5.46. The number of halogens is 1. The van der Waals surface area contributed by atoms with Gasteiger partial charge < -0.3 is 14.2 Å². The van der Waals surface area contributed by atoms with Crippen LogP contribution >= 0.6 is 22.9 Å². The van der Waals surface area contributed by atoms with Crippen LogP contribution in [0.15, 0.2) is 36.4 Å². The van der Waals surface area contributed by atoms with Gasteiger partial charge in [-0.1, -0.05) is 29.0 Å². The molecule has 7 nitrogen and oxygen atoms in total. The van der Waals surface area contributed by atoms with E-state index in [-0.39, 0.29) is 5.91 Å². The molecule has 0 atom stereocenters. The van der Waals surface area contributed by atoms with Gasteiger partial charge in [-0.2, -0.15) is 0 Å². The molecular formula is C25H30ClN3O4S. The van der Waals surface area contributed by atoms with Gasteiger partial charge in [0.05, 0.1) is 25.0 Å². The molecular weight excluding hydrogens is 474 g/mol. The lowest BCUT2D eigenvalue weighted by molar-refractivity contribution is -0.131. The van der Waals surface area contributed by atoms with Crippen molar-refractivity contribution in [3.8, 4) is 11.5 Å². The van der Waals surface area contributed by atoms with Gasteiger partial charge in [-0.15, -0.1) is 0 Å². The van der Waals surface area contributed by atoms with E-state index in [1.54, 1.807) is 50.1 Å². The van der Waals surface area contributed by atoms with E-state index in [4.69, 9.17) is 30.8 Å². The third-order valence-electron chi connectivity index (χ3n) is 5.83. The van der Waals surface area contributed by atoms with Crippen molar-refractivity contribution in [2.45, 2.75) is 26.4 Å². The monoisotopic (exact) mass is 503 g/mol. The standard InChI is InChI=1S/C25H30ClN3O4S/c1-17-5-10-20(31-4)21-22(17)34-24(27-21)29(12-11-28-13-15-32-16-14-28)23(30)25(2,3)33-19-8-6-18(26)7-9-19/h5-10H,11-16H2,1-4H3. The second-order valence-electron chi connectivity index (χ2n) is 8.74. The Bertz CT molecular complexity index is 1140. The predicted octanol–water partition coefficient (Wildman–Crippen LogP) is 4.79. The molecule has 0 radical (unpaired) electrons. The first-order valence-corrected chi connectivity index (χ1v) is 12.5. The van der Waals surface area contributed by atoms with Crippen molar-refractivity contribution in [1.82, 2.24) is 9.88 Å². The smallest absolute Gasteiger partial charge is 0.272 e. The molecule has 1 aliphatic heterocycles. The van der Waals surface area contributed by atoms with E-state index >= 15 is 0 Å². The Balaban J connectivity index is 1.65. The number of methoxy groups -OCH3 is 1. The number of nitrogens with zero attached hydrogens (tertiary/aromatic N) is 3. The zero-order valence-corrected chi connectivity index (χ0v) is 21.5. The highest BCUT2D eigenvalue weighted by atomic mass is 35.5. The minimum absolute atomic E-state index is 0.161. The van der Waals surface area contributed by atoms with Gasteiger partial charge in [0.1, 0.15) is 17.0 Å². The number of rotatable bonds is 8. The quantitative estimate of drug-likeness (QED) is 0.440. The molecule has 1 aliphatic rings. The molecule has 1 saturated heterocycles. The van der Waals surface area contributed by atoms with Crippen molar-refractivity contribution in [3.63, 3.8) is 0 Å². The lowest BCUT2D eigenvalue weighted by Crippen LogP contribution is -2.51. The number of fused-ring (bicyclic) bond motifs is 1. The third-order valence-corrected chi connectivity index (χ3v) is 7.30. The van der Waals surface area contributed by atoms with Crippen molar-refractivity contribution >= 4 is 44.2 Å². The van der Waals surface area contributed by atoms with Crippen LogP contribution in [-0.4, -0.2) is 67.9 Å². The summed E-state index contributed by atoms with van der Waals surface area (Å²) in [5.41, 5.74) is 0.746. The highest BCUT2D eigenvalue weighted by molar-refractivity contribution is 7.22. The van der Waals surface area contributed by atoms with E-state index < -0.39 is 5.60 Å². The molecule has 0 bridgehead atoms. The molecule has 9 heteroatoms. The molecule has 34 heavy (non-hydrogen) atoms. The molecule has 3 aromatic rings. The molecule has 2 aromatic carbocycles. The minimum atomic E-state index is -1.12. The maximum Gasteiger partial charge on any atom is 0.272 e. The number of morpholine rings is 1. The summed E-state index contributed by atoms with van der Waals surface area (Å²) in [6.45, 7) is 9.92.